The average molecular weight is 444 g/mol. The molecular formula is C24H28O8. The molecule has 0 amide bonds. The van der Waals surface area contributed by atoms with E-state index in [-0.39, 0.29) is 40.3 Å². The maximum Gasteiger partial charge on any atom is 0.346 e. The Hall–Kier alpha value is -3.03. The minimum absolute atomic E-state index is 0.00846. The highest BCUT2D eigenvalue weighted by atomic mass is 16.6. The Bertz CT molecular complexity index is 998. The summed E-state index contributed by atoms with van der Waals surface area (Å²) >= 11 is 0. The van der Waals surface area contributed by atoms with Crippen molar-refractivity contribution in [3.8, 4) is 17.2 Å². The van der Waals surface area contributed by atoms with Crippen molar-refractivity contribution >= 4 is 17.7 Å². The molecule has 1 aliphatic heterocycles. The molecule has 3 fully saturated rings. The molecule has 1 aromatic carbocycles. The fourth-order valence-corrected chi connectivity index (χ4v) is 5.86. The minimum Gasteiger partial charge on any atom is -0.507 e. The van der Waals surface area contributed by atoms with Crippen LogP contribution in [0.25, 0.3) is 0 Å². The van der Waals surface area contributed by atoms with Crippen LogP contribution in [0.1, 0.15) is 43.5 Å². The summed E-state index contributed by atoms with van der Waals surface area (Å²) in [6.07, 6.45) is 0.143. The van der Waals surface area contributed by atoms with Crippen LogP contribution in [0, 0.1) is 23.2 Å². The SMILES string of the molecule is C=C1C(=O)OC2CC(C)C3CCC(=O)C3(C)C(OC(=O)c3c(O)cc(OC)cc3OC)C12. The van der Waals surface area contributed by atoms with Crippen molar-refractivity contribution in [3.63, 3.8) is 0 Å². The van der Waals surface area contributed by atoms with Gasteiger partial charge in [0.25, 0.3) is 0 Å². The molecule has 2 saturated carbocycles. The predicted octanol–water partition coefficient (Wildman–Crippen LogP) is 3.06. The normalized spacial score (nSPS) is 33.8. The molecule has 0 radical (unpaired) electrons. The van der Waals surface area contributed by atoms with Gasteiger partial charge in [-0.25, -0.2) is 9.59 Å². The van der Waals surface area contributed by atoms with Gasteiger partial charge < -0.3 is 24.1 Å². The van der Waals surface area contributed by atoms with Crippen LogP contribution in [0.5, 0.6) is 17.2 Å². The van der Waals surface area contributed by atoms with Gasteiger partial charge in [-0.15, -0.1) is 0 Å². The molecule has 32 heavy (non-hydrogen) atoms. The fourth-order valence-electron chi connectivity index (χ4n) is 5.86. The third kappa shape index (κ3) is 3.15. The lowest BCUT2D eigenvalue weighted by molar-refractivity contribution is -0.140. The topological polar surface area (TPSA) is 108 Å². The van der Waals surface area contributed by atoms with Gasteiger partial charge in [-0.05, 0) is 31.6 Å². The number of methoxy groups -OCH3 is 2. The summed E-state index contributed by atoms with van der Waals surface area (Å²) in [6.45, 7) is 7.74. The third-order valence-electron chi connectivity index (χ3n) is 7.53. The number of aromatic hydroxyl groups is 1. The van der Waals surface area contributed by atoms with Crippen molar-refractivity contribution in [1.29, 1.82) is 0 Å². The number of carbonyl (C=O) groups is 3. The van der Waals surface area contributed by atoms with E-state index in [0.717, 1.165) is 0 Å². The Morgan fingerprint density at radius 2 is 1.97 bits per heavy atom. The number of carbonyl (C=O) groups excluding carboxylic acids is 3. The predicted molar refractivity (Wildman–Crippen MR) is 113 cm³/mol. The van der Waals surface area contributed by atoms with Crippen LogP contribution in [0.3, 0.4) is 0 Å². The molecule has 6 atom stereocenters. The summed E-state index contributed by atoms with van der Waals surface area (Å²) < 4.78 is 21.9. The lowest BCUT2D eigenvalue weighted by Gasteiger charge is -2.39. The summed E-state index contributed by atoms with van der Waals surface area (Å²) in [4.78, 5) is 38.9. The second-order valence-electron chi connectivity index (χ2n) is 9.11. The summed E-state index contributed by atoms with van der Waals surface area (Å²) in [6, 6.07) is 2.74. The molecule has 0 bridgehead atoms. The van der Waals surface area contributed by atoms with Crippen LogP contribution >= 0.6 is 0 Å². The number of Topliss-reactive ketones (excluding diaryl/α,β-unsaturated/α-hetero) is 1. The van der Waals surface area contributed by atoms with Gasteiger partial charge in [-0.3, -0.25) is 4.79 Å². The molecule has 6 unspecified atom stereocenters. The van der Waals surface area contributed by atoms with Crippen LogP contribution in [-0.2, 0) is 19.1 Å². The number of phenolic OH excluding ortho intramolecular Hbond substituents is 1. The Morgan fingerprint density at radius 1 is 1.25 bits per heavy atom. The molecule has 1 saturated heterocycles. The van der Waals surface area contributed by atoms with Crippen LogP contribution < -0.4 is 9.47 Å². The zero-order valence-corrected chi connectivity index (χ0v) is 18.7. The maximum atomic E-state index is 13.4. The highest BCUT2D eigenvalue weighted by Crippen LogP contribution is 2.56. The molecule has 1 aromatic rings. The van der Waals surface area contributed by atoms with E-state index in [2.05, 4.69) is 6.58 Å². The highest BCUT2D eigenvalue weighted by Gasteiger charge is 2.63. The molecule has 8 heteroatoms. The molecule has 2 aliphatic carbocycles. The molecular weight excluding hydrogens is 416 g/mol. The van der Waals surface area contributed by atoms with Crippen molar-refractivity contribution in [2.45, 2.75) is 45.3 Å². The Morgan fingerprint density at radius 3 is 2.62 bits per heavy atom. The van der Waals surface area contributed by atoms with Crippen molar-refractivity contribution in [3.05, 3.63) is 29.8 Å². The summed E-state index contributed by atoms with van der Waals surface area (Å²) in [5.74, 6) is -1.98. The van der Waals surface area contributed by atoms with Crippen molar-refractivity contribution in [2.75, 3.05) is 14.2 Å². The molecule has 0 aromatic heterocycles. The molecule has 1 heterocycles. The highest BCUT2D eigenvalue weighted by molar-refractivity contribution is 5.97. The van der Waals surface area contributed by atoms with Crippen LogP contribution in [0.4, 0.5) is 0 Å². The first-order valence-corrected chi connectivity index (χ1v) is 10.7. The van der Waals surface area contributed by atoms with Crippen molar-refractivity contribution in [2.24, 2.45) is 23.2 Å². The quantitative estimate of drug-likeness (QED) is 0.558. The van der Waals surface area contributed by atoms with E-state index < -0.39 is 35.5 Å². The second-order valence-corrected chi connectivity index (χ2v) is 9.11. The first kappa shape index (κ1) is 22.2. The van der Waals surface area contributed by atoms with Gasteiger partial charge in [0.2, 0.25) is 0 Å². The number of fused-ring (bicyclic) bond motifs is 2. The summed E-state index contributed by atoms with van der Waals surface area (Å²) in [5, 5.41) is 10.5. The van der Waals surface area contributed by atoms with E-state index in [1.165, 1.54) is 26.4 Å². The smallest absolute Gasteiger partial charge is 0.346 e. The van der Waals surface area contributed by atoms with Gasteiger partial charge >= 0.3 is 11.9 Å². The van der Waals surface area contributed by atoms with E-state index >= 15 is 0 Å². The number of esters is 2. The number of ether oxygens (including phenoxy) is 4. The fraction of sp³-hybridized carbons (Fsp3) is 0.542. The van der Waals surface area contributed by atoms with Crippen molar-refractivity contribution in [1.82, 2.24) is 0 Å². The lowest BCUT2D eigenvalue weighted by atomic mass is 9.68. The molecule has 172 valence electrons. The van der Waals surface area contributed by atoms with Gasteiger partial charge in [0, 0.05) is 24.1 Å². The van der Waals surface area contributed by atoms with E-state index in [1.54, 1.807) is 0 Å². The molecule has 3 aliphatic rings. The number of benzene rings is 1. The zero-order chi connectivity index (χ0) is 23.4. The lowest BCUT2D eigenvalue weighted by Crippen LogP contribution is -2.49. The van der Waals surface area contributed by atoms with Gasteiger partial charge in [0.1, 0.15) is 40.8 Å². The molecule has 1 N–H and O–H groups in total. The van der Waals surface area contributed by atoms with Gasteiger partial charge in [-0.1, -0.05) is 13.5 Å². The first-order valence-electron chi connectivity index (χ1n) is 10.7. The third-order valence-corrected chi connectivity index (χ3v) is 7.53. The Kier molecular flexibility index (Phi) is 5.43. The van der Waals surface area contributed by atoms with Crippen LogP contribution in [0.2, 0.25) is 0 Å². The Labute approximate surface area is 186 Å². The molecule has 4 rings (SSSR count). The minimum atomic E-state index is -0.999. The number of ketones is 1. The largest absolute Gasteiger partial charge is 0.507 e. The zero-order valence-electron chi connectivity index (χ0n) is 18.7. The standard InChI is InChI=1S/C24H28O8/c1-11-8-17-19(12(2)22(27)31-17)21(24(3)14(11)6-7-18(24)26)32-23(28)20-15(25)9-13(29-4)10-16(20)30-5/h9-11,14,17,19,21,25H,2,6-8H2,1,3-5H3. The second kappa shape index (κ2) is 7.83. The maximum absolute atomic E-state index is 13.4. The van der Waals surface area contributed by atoms with E-state index in [1.807, 2.05) is 13.8 Å². The summed E-state index contributed by atoms with van der Waals surface area (Å²) in [7, 11) is 2.78. The number of hydrogen-bond donors (Lipinski definition) is 1. The van der Waals surface area contributed by atoms with Crippen LogP contribution in [0.15, 0.2) is 24.3 Å². The van der Waals surface area contributed by atoms with E-state index in [4.69, 9.17) is 18.9 Å². The van der Waals surface area contributed by atoms with Crippen molar-refractivity contribution < 1.29 is 38.4 Å². The van der Waals surface area contributed by atoms with Gasteiger partial charge in [0.05, 0.1) is 25.6 Å². The monoisotopic (exact) mass is 444 g/mol. The molecule has 8 nitrogen and oxygen atoms in total. The molecule has 0 spiro atoms. The van der Waals surface area contributed by atoms with Crippen LogP contribution in [-0.4, -0.2) is 49.3 Å². The Balaban J connectivity index is 1.79. The number of hydrogen-bond acceptors (Lipinski definition) is 8. The van der Waals surface area contributed by atoms with Gasteiger partial charge in [0.15, 0.2) is 0 Å². The van der Waals surface area contributed by atoms with Gasteiger partial charge in [-0.2, -0.15) is 0 Å². The first-order chi connectivity index (χ1) is 15.1. The van der Waals surface area contributed by atoms with E-state index in [0.29, 0.717) is 25.0 Å². The van der Waals surface area contributed by atoms with E-state index in [9.17, 15) is 19.5 Å². The number of rotatable bonds is 4. The summed E-state index contributed by atoms with van der Waals surface area (Å²) in [5.41, 5.74) is -0.975. The number of phenols is 1. The average Bonchev–Trinajstić information content (AvgIpc) is 3.18.